The van der Waals surface area contributed by atoms with Gasteiger partial charge in [0.2, 0.25) is 0 Å². The summed E-state index contributed by atoms with van der Waals surface area (Å²) in [7, 11) is 0. The Bertz CT molecular complexity index is 531. The largest absolute Gasteiger partial charge is 0.489 e. The van der Waals surface area contributed by atoms with E-state index in [0.717, 1.165) is 24.2 Å². The zero-order valence-corrected chi connectivity index (χ0v) is 12.2. The zero-order valence-electron chi connectivity index (χ0n) is 12.2. The predicted octanol–water partition coefficient (Wildman–Crippen LogP) is 4.14. The van der Waals surface area contributed by atoms with Crippen molar-refractivity contribution in [1.29, 1.82) is 0 Å². The van der Waals surface area contributed by atoms with E-state index in [1.807, 2.05) is 30.3 Å². The minimum atomic E-state index is -0.295. The maximum absolute atomic E-state index is 9.68. The van der Waals surface area contributed by atoms with Crippen molar-refractivity contribution in [2.45, 2.75) is 32.0 Å². The Morgan fingerprint density at radius 2 is 1.71 bits per heavy atom. The lowest BCUT2D eigenvalue weighted by atomic mass is 10.1. The molecule has 0 radical (unpaired) electrons. The van der Waals surface area contributed by atoms with Crippen LogP contribution in [0.3, 0.4) is 0 Å². The minimum absolute atomic E-state index is 0.295. The van der Waals surface area contributed by atoms with Crippen molar-refractivity contribution < 1.29 is 9.84 Å². The Morgan fingerprint density at radius 3 is 2.38 bits per heavy atom. The molecule has 0 aliphatic rings. The highest BCUT2D eigenvalue weighted by Crippen LogP contribution is 2.16. The molecule has 2 aromatic rings. The second kappa shape index (κ2) is 8.28. The van der Waals surface area contributed by atoms with Crippen molar-refractivity contribution in [1.82, 2.24) is 0 Å². The standard InChI is InChI=1S/C19H22O2/c1-2-6-18(20)12-9-16-10-13-19(14-11-16)21-15-17-7-4-3-5-8-17/h2-5,7-8,10-11,13-14,18,20H,1,6,9,12,15H2/t18-/m1/s1. The summed E-state index contributed by atoms with van der Waals surface area (Å²) in [5.74, 6) is 0.870. The molecule has 0 spiro atoms. The van der Waals surface area contributed by atoms with Crippen LogP contribution in [0.4, 0.5) is 0 Å². The van der Waals surface area contributed by atoms with Crippen LogP contribution in [-0.2, 0) is 13.0 Å². The summed E-state index contributed by atoms with van der Waals surface area (Å²) in [6.07, 6.45) is 3.74. The molecule has 0 aliphatic carbocycles. The molecule has 0 amide bonds. The fourth-order valence-electron chi connectivity index (χ4n) is 2.14. The Morgan fingerprint density at radius 1 is 1.00 bits per heavy atom. The second-order valence-electron chi connectivity index (χ2n) is 5.14. The van der Waals surface area contributed by atoms with Crippen LogP contribution < -0.4 is 4.74 Å². The van der Waals surface area contributed by atoms with Crippen LogP contribution in [0.5, 0.6) is 5.75 Å². The highest BCUT2D eigenvalue weighted by Gasteiger charge is 2.03. The summed E-state index contributed by atoms with van der Waals surface area (Å²) in [5.41, 5.74) is 2.37. The first-order valence-electron chi connectivity index (χ1n) is 7.32. The van der Waals surface area contributed by atoms with E-state index in [1.165, 1.54) is 5.56 Å². The molecule has 2 rings (SSSR count). The van der Waals surface area contributed by atoms with Crippen LogP contribution in [0.25, 0.3) is 0 Å². The predicted molar refractivity (Wildman–Crippen MR) is 86.4 cm³/mol. The van der Waals surface area contributed by atoms with Gasteiger partial charge in [0.25, 0.3) is 0 Å². The molecule has 0 saturated heterocycles. The van der Waals surface area contributed by atoms with Gasteiger partial charge in [-0.05, 0) is 42.5 Å². The van der Waals surface area contributed by atoms with Crippen molar-refractivity contribution >= 4 is 0 Å². The summed E-state index contributed by atoms with van der Waals surface area (Å²) in [4.78, 5) is 0. The molecule has 1 atom stereocenters. The molecule has 21 heavy (non-hydrogen) atoms. The van der Waals surface area contributed by atoms with Gasteiger partial charge < -0.3 is 9.84 Å². The molecule has 0 heterocycles. The Hall–Kier alpha value is -2.06. The minimum Gasteiger partial charge on any atom is -0.489 e. The molecule has 0 unspecified atom stereocenters. The molecular formula is C19H22O2. The van der Waals surface area contributed by atoms with Gasteiger partial charge in [-0.3, -0.25) is 0 Å². The van der Waals surface area contributed by atoms with E-state index >= 15 is 0 Å². The molecular weight excluding hydrogens is 260 g/mol. The summed E-state index contributed by atoms with van der Waals surface area (Å²) in [6.45, 7) is 4.22. The van der Waals surface area contributed by atoms with Gasteiger partial charge in [-0.2, -0.15) is 0 Å². The molecule has 1 N–H and O–H groups in total. The molecule has 0 aromatic heterocycles. The topological polar surface area (TPSA) is 29.5 Å². The van der Waals surface area contributed by atoms with E-state index in [0.29, 0.717) is 13.0 Å². The van der Waals surface area contributed by atoms with Crippen molar-refractivity contribution in [2.24, 2.45) is 0 Å². The molecule has 0 saturated carbocycles. The van der Waals surface area contributed by atoms with Gasteiger partial charge in [0.05, 0.1) is 6.10 Å². The normalized spacial score (nSPS) is 11.9. The van der Waals surface area contributed by atoms with Gasteiger partial charge in [-0.15, -0.1) is 6.58 Å². The first-order valence-corrected chi connectivity index (χ1v) is 7.32. The molecule has 0 bridgehead atoms. The van der Waals surface area contributed by atoms with Gasteiger partial charge in [0.1, 0.15) is 12.4 Å². The van der Waals surface area contributed by atoms with Gasteiger partial charge in [-0.25, -0.2) is 0 Å². The van der Waals surface area contributed by atoms with E-state index in [9.17, 15) is 5.11 Å². The van der Waals surface area contributed by atoms with E-state index in [2.05, 4.69) is 30.8 Å². The summed E-state index contributed by atoms with van der Waals surface area (Å²) in [6, 6.07) is 18.2. The number of ether oxygens (including phenoxy) is 1. The number of aliphatic hydroxyl groups excluding tert-OH is 1. The van der Waals surface area contributed by atoms with Crippen molar-refractivity contribution in [3.8, 4) is 5.75 Å². The smallest absolute Gasteiger partial charge is 0.119 e. The molecule has 2 heteroatoms. The fraction of sp³-hybridized carbons (Fsp3) is 0.263. The Kier molecular flexibility index (Phi) is 6.04. The summed E-state index contributed by atoms with van der Waals surface area (Å²) in [5, 5.41) is 9.68. The third-order valence-corrected chi connectivity index (χ3v) is 3.38. The van der Waals surface area contributed by atoms with E-state index in [1.54, 1.807) is 6.08 Å². The molecule has 2 aromatic carbocycles. The molecule has 0 fully saturated rings. The Labute approximate surface area is 126 Å². The van der Waals surface area contributed by atoms with Crippen molar-refractivity contribution in [3.05, 3.63) is 78.4 Å². The lowest BCUT2D eigenvalue weighted by Gasteiger charge is -2.09. The van der Waals surface area contributed by atoms with E-state index < -0.39 is 0 Å². The summed E-state index contributed by atoms with van der Waals surface area (Å²) < 4.78 is 5.75. The monoisotopic (exact) mass is 282 g/mol. The average molecular weight is 282 g/mol. The maximum atomic E-state index is 9.68. The van der Waals surface area contributed by atoms with Gasteiger partial charge >= 0.3 is 0 Å². The number of benzene rings is 2. The highest BCUT2D eigenvalue weighted by molar-refractivity contribution is 5.28. The van der Waals surface area contributed by atoms with Crippen molar-refractivity contribution in [2.75, 3.05) is 0 Å². The number of aliphatic hydroxyl groups is 1. The summed E-state index contributed by atoms with van der Waals surface area (Å²) >= 11 is 0. The van der Waals surface area contributed by atoms with Gasteiger partial charge in [-0.1, -0.05) is 48.5 Å². The first kappa shape index (κ1) is 15.3. The highest BCUT2D eigenvalue weighted by atomic mass is 16.5. The zero-order chi connectivity index (χ0) is 14.9. The molecule has 0 aliphatic heterocycles. The van der Waals surface area contributed by atoms with Crippen LogP contribution >= 0.6 is 0 Å². The second-order valence-corrected chi connectivity index (χ2v) is 5.14. The number of hydrogen-bond acceptors (Lipinski definition) is 2. The third-order valence-electron chi connectivity index (χ3n) is 3.38. The fourth-order valence-corrected chi connectivity index (χ4v) is 2.14. The maximum Gasteiger partial charge on any atom is 0.119 e. The SMILES string of the molecule is C=CC[C@@H](O)CCc1ccc(OCc2ccccc2)cc1. The lowest BCUT2D eigenvalue weighted by molar-refractivity contribution is 0.168. The van der Waals surface area contributed by atoms with Gasteiger partial charge in [0.15, 0.2) is 0 Å². The van der Waals surface area contributed by atoms with Crippen LogP contribution in [0, 0.1) is 0 Å². The Balaban J connectivity index is 1.80. The number of hydrogen-bond donors (Lipinski definition) is 1. The van der Waals surface area contributed by atoms with Crippen LogP contribution in [-0.4, -0.2) is 11.2 Å². The van der Waals surface area contributed by atoms with Crippen LogP contribution in [0.15, 0.2) is 67.3 Å². The van der Waals surface area contributed by atoms with Crippen LogP contribution in [0.2, 0.25) is 0 Å². The van der Waals surface area contributed by atoms with Crippen LogP contribution in [0.1, 0.15) is 24.0 Å². The third kappa shape index (κ3) is 5.44. The quantitative estimate of drug-likeness (QED) is 0.737. The van der Waals surface area contributed by atoms with E-state index in [-0.39, 0.29) is 6.10 Å². The molecule has 2 nitrogen and oxygen atoms in total. The molecule has 110 valence electrons. The number of rotatable bonds is 8. The number of aryl methyl sites for hydroxylation is 1. The van der Waals surface area contributed by atoms with Gasteiger partial charge in [0, 0.05) is 0 Å². The first-order chi connectivity index (χ1) is 10.3. The van der Waals surface area contributed by atoms with Crippen molar-refractivity contribution in [3.63, 3.8) is 0 Å². The average Bonchev–Trinajstić information content (AvgIpc) is 2.53. The van der Waals surface area contributed by atoms with E-state index in [4.69, 9.17) is 4.74 Å². The lowest BCUT2D eigenvalue weighted by Crippen LogP contribution is -2.06.